The predicted molar refractivity (Wildman–Crippen MR) is 104 cm³/mol. The summed E-state index contributed by atoms with van der Waals surface area (Å²) < 4.78 is 17.3. The Kier molecular flexibility index (Phi) is 5.49. The minimum atomic E-state index is -0.0308. The first-order valence-corrected chi connectivity index (χ1v) is 8.99. The molecule has 0 bridgehead atoms. The van der Waals surface area contributed by atoms with Crippen LogP contribution in [0, 0.1) is 0 Å². The fraction of sp³-hybridized carbons (Fsp3) is 0.364. The second-order valence-corrected chi connectivity index (χ2v) is 7.01. The maximum atomic E-state index is 10.2. The highest BCUT2D eigenvalue weighted by atomic mass is 16.5. The van der Waals surface area contributed by atoms with Crippen LogP contribution in [0.1, 0.15) is 36.5 Å². The van der Waals surface area contributed by atoms with Gasteiger partial charge in [0.2, 0.25) is 0 Å². The molecule has 2 N–H and O–H groups in total. The van der Waals surface area contributed by atoms with Crippen LogP contribution < -0.4 is 14.2 Å². The van der Waals surface area contributed by atoms with E-state index < -0.39 is 0 Å². The Hall–Kier alpha value is -2.82. The molecule has 2 aromatic carbocycles. The van der Waals surface area contributed by atoms with Crippen molar-refractivity contribution in [2.24, 2.45) is 0 Å². The lowest BCUT2D eigenvalue weighted by Crippen LogP contribution is -2.20. The molecule has 0 aliphatic carbocycles. The molecule has 0 fully saturated rings. The van der Waals surface area contributed by atoms with Crippen LogP contribution in [0.4, 0.5) is 0 Å². The number of allylic oxidation sites excluding steroid dienone is 2. The van der Waals surface area contributed by atoms with E-state index in [1.54, 1.807) is 26.4 Å². The number of benzene rings is 2. The van der Waals surface area contributed by atoms with E-state index in [1.807, 2.05) is 6.07 Å². The molecule has 5 nitrogen and oxygen atoms in total. The van der Waals surface area contributed by atoms with E-state index in [4.69, 9.17) is 14.2 Å². The summed E-state index contributed by atoms with van der Waals surface area (Å²) in [7, 11) is 3.30. The number of fused-ring (bicyclic) bond motifs is 1. The Bertz CT molecular complexity index is 865. The smallest absolute Gasteiger partial charge is 0.132 e. The fourth-order valence-electron chi connectivity index (χ4n) is 3.52. The summed E-state index contributed by atoms with van der Waals surface area (Å²) in [6, 6.07) is 6.59. The summed E-state index contributed by atoms with van der Waals surface area (Å²) >= 11 is 0. The Morgan fingerprint density at radius 3 is 2.59 bits per heavy atom. The lowest BCUT2D eigenvalue weighted by Gasteiger charge is -2.29. The standard InChI is InChI=1S/C22H26O5/c1-13(2)5-7-17-20(25-3)11-21-18(22(17)26-4)9-14(12-27-21)16-8-6-15(23)10-19(16)24/h5-6,8,10-11,14,23-24H,7,9,12H2,1-4H3/t14-/m1/s1. The highest BCUT2D eigenvalue weighted by Gasteiger charge is 2.29. The van der Waals surface area contributed by atoms with Crippen molar-refractivity contribution >= 4 is 0 Å². The highest BCUT2D eigenvalue weighted by Crippen LogP contribution is 2.45. The van der Waals surface area contributed by atoms with E-state index >= 15 is 0 Å². The molecule has 5 heteroatoms. The number of phenols is 2. The molecule has 1 aliphatic heterocycles. The molecule has 1 atom stereocenters. The molecular weight excluding hydrogens is 344 g/mol. The van der Waals surface area contributed by atoms with Gasteiger partial charge >= 0.3 is 0 Å². The highest BCUT2D eigenvalue weighted by molar-refractivity contribution is 5.59. The predicted octanol–water partition coefficient (Wildman–Crippen LogP) is 4.34. The molecule has 27 heavy (non-hydrogen) atoms. The first kappa shape index (κ1) is 19.0. The molecule has 0 spiro atoms. The Morgan fingerprint density at radius 1 is 1.19 bits per heavy atom. The van der Waals surface area contributed by atoms with Crippen LogP contribution in [-0.2, 0) is 12.8 Å². The van der Waals surface area contributed by atoms with Crippen LogP contribution in [0.3, 0.4) is 0 Å². The molecule has 1 aliphatic rings. The number of hydrogen-bond donors (Lipinski definition) is 2. The van der Waals surface area contributed by atoms with Gasteiger partial charge in [0.05, 0.1) is 20.8 Å². The van der Waals surface area contributed by atoms with E-state index in [9.17, 15) is 10.2 Å². The second kappa shape index (κ2) is 7.82. The van der Waals surface area contributed by atoms with Gasteiger partial charge in [-0.1, -0.05) is 17.7 Å². The maximum absolute atomic E-state index is 10.2. The van der Waals surface area contributed by atoms with E-state index in [-0.39, 0.29) is 17.4 Å². The van der Waals surface area contributed by atoms with Gasteiger partial charge in [-0.05, 0) is 32.8 Å². The molecule has 0 aromatic heterocycles. The molecule has 1 heterocycles. The lowest BCUT2D eigenvalue weighted by molar-refractivity contribution is 0.252. The quantitative estimate of drug-likeness (QED) is 0.766. The topological polar surface area (TPSA) is 68.2 Å². The van der Waals surface area contributed by atoms with Gasteiger partial charge < -0.3 is 24.4 Å². The van der Waals surface area contributed by atoms with Crippen molar-refractivity contribution in [3.63, 3.8) is 0 Å². The van der Waals surface area contributed by atoms with E-state index in [0.717, 1.165) is 33.9 Å². The average molecular weight is 370 g/mol. The largest absolute Gasteiger partial charge is 0.508 e. The molecular formula is C22H26O5. The minimum Gasteiger partial charge on any atom is -0.508 e. The molecule has 0 unspecified atom stereocenters. The summed E-state index contributed by atoms with van der Waals surface area (Å²) in [5, 5.41) is 19.8. The zero-order chi connectivity index (χ0) is 19.6. The van der Waals surface area contributed by atoms with Crippen LogP contribution in [0.15, 0.2) is 35.9 Å². The number of methoxy groups -OCH3 is 2. The number of hydrogen-bond acceptors (Lipinski definition) is 5. The minimum absolute atomic E-state index is 0.0308. The van der Waals surface area contributed by atoms with Crippen molar-refractivity contribution in [3.8, 4) is 28.7 Å². The number of rotatable bonds is 5. The Balaban J connectivity index is 2.03. The van der Waals surface area contributed by atoms with Gasteiger partial charge in [-0.3, -0.25) is 0 Å². The van der Waals surface area contributed by atoms with Gasteiger partial charge in [-0.25, -0.2) is 0 Å². The first-order valence-electron chi connectivity index (χ1n) is 8.99. The molecule has 0 saturated carbocycles. The second-order valence-electron chi connectivity index (χ2n) is 7.01. The maximum Gasteiger partial charge on any atom is 0.132 e. The first-order chi connectivity index (χ1) is 12.9. The van der Waals surface area contributed by atoms with Crippen LogP contribution in [0.25, 0.3) is 0 Å². The zero-order valence-electron chi connectivity index (χ0n) is 16.2. The van der Waals surface area contributed by atoms with Crippen molar-refractivity contribution in [1.29, 1.82) is 0 Å². The summed E-state index contributed by atoms with van der Waals surface area (Å²) in [6.45, 7) is 4.55. The SMILES string of the molecule is COc1cc2c(c(OC)c1CC=C(C)C)C[C@@H](c1ccc(O)cc1O)CO2. The van der Waals surface area contributed by atoms with Gasteiger partial charge in [-0.15, -0.1) is 0 Å². The van der Waals surface area contributed by atoms with Crippen molar-refractivity contribution < 1.29 is 24.4 Å². The van der Waals surface area contributed by atoms with Crippen molar-refractivity contribution in [1.82, 2.24) is 0 Å². The van der Waals surface area contributed by atoms with Gasteiger partial charge in [0.1, 0.15) is 28.7 Å². The van der Waals surface area contributed by atoms with Crippen LogP contribution >= 0.6 is 0 Å². The summed E-state index contributed by atoms with van der Waals surface area (Å²) in [4.78, 5) is 0. The lowest BCUT2D eigenvalue weighted by atomic mass is 9.87. The fourth-order valence-corrected chi connectivity index (χ4v) is 3.52. The van der Waals surface area contributed by atoms with Crippen LogP contribution in [-0.4, -0.2) is 31.0 Å². The molecule has 0 radical (unpaired) electrons. The van der Waals surface area contributed by atoms with Crippen molar-refractivity contribution in [2.75, 3.05) is 20.8 Å². The third kappa shape index (κ3) is 3.82. The average Bonchev–Trinajstić information content (AvgIpc) is 2.64. The third-order valence-electron chi connectivity index (χ3n) is 4.89. The molecule has 2 aromatic rings. The third-order valence-corrected chi connectivity index (χ3v) is 4.89. The normalized spacial score (nSPS) is 15.5. The molecule has 0 saturated heterocycles. The summed E-state index contributed by atoms with van der Waals surface area (Å²) in [6.07, 6.45) is 3.51. The Labute approximate surface area is 159 Å². The molecule has 0 amide bonds. The number of phenolic OH excluding ortho intramolecular Hbond substituents is 2. The van der Waals surface area contributed by atoms with Crippen LogP contribution in [0.2, 0.25) is 0 Å². The van der Waals surface area contributed by atoms with Gasteiger partial charge in [-0.2, -0.15) is 0 Å². The van der Waals surface area contributed by atoms with Gasteiger partial charge in [0.15, 0.2) is 0 Å². The van der Waals surface area contributed by atoms with Crippen LogP contribution in [0.5, 0.6) is 28.7 Å². The molecule has 144 valence electrons. The number of aromatic hydroxyl groups is 2. The summed E-state index contributed by atoms with van der Waals surface area (Å²) in [5.74, 6) is 2.35. The number of ether oxygens (including phenoxy) is 3. The monoisotopic (exact) mass is 370 g/mol. The molecule has 3 rings (SSSR count). The van der Waals surface area contributed by atoms with Gasteiger partial charge in [0.25, 0.3) is 0 Å². The van der Waals surface area contributed by atoms with Crippen molar-refractivity contribution in [2.45, 2.75) is 32.6 Å². The van der Waals surface area contributed by atoms with E-state index in [2.05, 4.69) is 19.9 Å². The van der Waals surface area contributed by atoms with Gasteiger partial charge in [0, 0.05) is 34.7 Å². The Morgan fingerprint density at radius 2 is 1.96 bits per heavy atom. The summed E-state index contributed by atoms with van der Waals surface area (Å²) in [5.41, 5.74) is 3.93. The van der Waals surface area contributed by atoms with E-state index in [1.165, 1.54) is 11.6 Å². The van der Waals surface area contributed by atoms with E-state index in [0.29, 0.717) is 19.4 Å². The zero-order valence-corrected chi connectivity index (χ0v) is 16.2. The van der Waals surface area contributed by atoms with Crippen molar-refractivity contribution in [3.05, 3.63) is 52.6 Å².